The number of ether oxygens (including phenoxy) is 2. The van der Waals surface area contributed by atoms with E-state index in [4.69, 9.17) is 9.47 Å². The quantitative estimate of drug-likeness (QED) is 0.471. The van der Waals surface area contributed by atoms with Gasteiger partial charge in [0, 0.05) is 24.3 Å². The molecule has 5 heteroatoms. The minimum atomic E-state index is -0.316. The first-order chi connectivity index (χ1) is 12.7. The zero-order valence-corrected chi connectivity index (χ0v) is 14.6. The molecular formula is C21H20N2O3. The summed E-state index contributed by atoms with van der Waals surface area (Å²) in [5.41, 5.74) is 2.46. The van der Waals surface area contributed by atoms with Crippen molar-refractivity contribution in [1.82, 2.24) is 0 Å². The Bertz CT molecular complexity index is 844. The second-order valence-electron chi connectivity index (χ2n) is 5.92. The summed E-state index contributed by atoms with van der Waals surface area (Å²) < 4.78 is 10.5. The van der Waals surface area contributed by atoms with E-state index in [2.05, 4.69) is 4.90 Å². The lowest BCUT2D eigenvalue weighted by Crippen LogP contribution is -2.36. The predicted octanol–water partition coefficient (Wildman–Crippen LogP) is 3.32. The van der Waals surface area contributed by atoms with Gasteiger partial charge in [-0.15, -0.1) is 0 Å². The van der Waals surface area contributed by atoms with Gasteiger partial charge in [-0.1, -0.05) is 24.3 Å². The molecule has 0 radical (unpaired) electrons. The summed E-state index contributed by atoms with van der Waals surface area (Å²) >= 11 is 0. The number of benzene rings is 2. The van der Waals surface area contributed by atoms with Crippen LogP contribution in [-0.4, -0.2) is 39.2 Å². The Morgan fingerprint density at radius 3 is 2.58 bits per heavy atom. The molecule has 0 spiro atoms. The van der Waals surface area contributed by atoms with Crippen molar-refractivity contribution in [2.45, 2.75) is 0 Å². The number of rotatable bonds is 5. The van der Waals surface area contributed by atoms with E-state index in [-0.39, 0.29) is 11.4 Å². The van der Waals surface area contributed by atoms with Gasteiger partial charge in [0.25, 0.3) is 0 Å². The standard InChI is InChI=1S/C21H20N2O3/c1-25-20-4-2-3-17(14-20)21(24)18(15-22)13-16-5-7-19(8-6-16)23-9-11-26-12-10-23/h2-8,13-14H,9-12H2,1H3/b18-13+. The maximum absolute atomic E-state index is 12.6. The number of Topliss-reactive ketones (excluding diaryl/α,β-unsaturated/α-hetero) is 1. The van der Waals surface area contributed by atoms with E-state index >= 15 is 0 Å². The molecule has 0 aromatic heterocycles. The van der Waals surface area contributed by atoms with Crippen LogP contribution in [0.1, 0.15) is 15.9 Å². The molecule has 0 aliphatic carbocycles. The molecule has 26 heavy (non-hydrogen) atoms. The van der Waals surface area contributed by atoms with Gasteiger partial charge >= 0.3 is 0 Å². The summed E-state index contributed by atoms with van der Waals surface area (Å²) in [5.74, 6) is 0.270. The van der Waals surface area contributed by atoms with Crippen LogP contribution in [0.25, 0.3) is 6.08 Å². The maximum Gasteiger partial charge on any atom is 0.203 e. The third kappa shape index (κ3) is 4.11. The van der Waals surface area contributed by atoms with E-state index in [0.717, 1.165) is 37.6 Å². The minimum absolute atomic E-state index is 0.0948. The molecule has 2 aromatic rings. The molecule has 0 bridgehead atoms. The molecule has 1 aliphatic heterocycles. The van der Waals surface area contributed by atoms with Gasteiger partial charge in [0.05, 0.1) is 20.3 Å². The van der Waals surface area contributed by atoms with E-state index in [1.165, 1.54) is 0 Å². The predicted molar refractivity (Wildman–Crippen MR) is 100 cm³/mol. The van der Waals surface area contributed by atoms with Crippen molar-refractivity contribution in [3.8, 4) is 11.8 Å². The third-order valence-electron chi connectivity index (χ3n) is 4.28. The lowest BCUT2D eigenvalue weighted by Gasteiger charge is -2.28. The highest BCUT2D eigenvalue weighted by Crippen LogP contribution is 2.20. The van der Waals surface area contributed by atoms with Crippen molar-refractivity contribution in [1.29, 1.82) is 5.26 Å². The molecule has 1 fully saturated rings. The molecule has 1 heterocycles. The lowest BCUT2D eigenvalue weighted by atomic mass is 10.0. The van der Waals surface area contributed by atoms with Gasteiger partial charge in [0.1, 0.15) is 17.4 Å². The number of allylic oxidation sites excluding steroid dienone is 1. The molecule has 0 amide bonds. The van der Waals surface area contributed by atoms with Gasteiger partial charge < -0.3 is 14.4 Å². The number of carbonyl (C=O) groups is 1. The van der Waals surface area contributed by atoms with Crippen molar-refractivity contribution in [3.05, 3.63) is 65.2 Å². The number of nitriles is 1. The highest BCUT2D eigenvalue weighted by Gasteiger charge is 2.14. The van der Waals surface area contributed by atoms with Gasteiger partial charge in [-0.3, -0.25) is 4.79 Å². The molecule has 5 nitrogen and oxygen atoms in total. The first-order valence-corrected chi connectivity index (χ1v) is 8.44. The van der Waals surface area contributed by atoms with E-state index < -0.39 is 0 Å². The molecular weight excluding hydrogens is 328 g/mol. The topological polar surface area (TPSA) is 62.6 Å². The first kappa shape index (κ1) is 17.7. The summed E-state index contributed by atoms with van der Waals surface area (Å²) in [4.78, 5) is 14.8. The van der Waals surface area contributed by atoms with Gasteiger partial charge in [-0.25, -0.2) is 0 Å². The number of carbonyl (C=O) groups excluding carboxylic acids is 1. The number of morpholine rings is 1. The molecule has 132 valence electrons. The summed E-state index contributed by atoms with van der Waals surface area (Å²) in [6, 6.07) is 16.7. The summed E-state index contributed by atoms with van der Waals surface area (Å²) in [6.07, 6.45) is 1.62. The van der Waals surface area contributed by atoms with E-state index in [0.29, 0.717) is 11.3 Å². The molecule has 1 saturated heterocycles. The average molecular weight is 348 g/mol. The molecule has 0 saturated carbocycles. The SMILES string of the molecule is COc1cccc(C(=O)/C(C#N)=C/c2ccc(N3CCOCC3)cc2)c1. The molecule has 0 N–H and O–H groups in total. The van der Waals surface area contributed by atoms with Crippen LogP contribution in [-0.2, 0) is 4.74 Å². The van der Waals surface area contributed by atoms with Gasteiger partial charge in [-0.2, -0.15) is 5.26 Å². The molecule has 3 rings (SSSR count). The Hall–Kier alpha value is -3.10. The second kappa shape index (κ2) is 8.32. The fraction of sp³-hybridized carbons (Fsp3) is 0.238. The first-order valence-electron chi connectivity index (χ1n) is 8.44. The zero-order chi connectivity index (χ0) is 18.4. The smallest absolute Gasteiger partial charge is 0.203 e. The molecule has 0 atom stereocenters. The lowest BCUT2D eigenvalue weighted by molar-refractivity contribution is 0.103. The van der Waals surface area contributed by atoms with Crippen LogP contribution in [0, 0.1) is 11.3 Å². The Morgan fingerprint density at radius 1 is 1.19 bits per heavy atom. The van der Waals surface area contributed by atoms with Crippen LogP contribution in [0.5, 0.6) is 5.75 Å². The second-order valence-corrected chi connectivity index (χ2v) is 5.92. The summed E-state index contributed by atoms with van der Waals surface area (Å²) in [7, 11) is 1.54. The van der Waals surface area contributed by atoms with Crippen molar-refractivity contribution >= 4 is 17.5 Å². The number of ketones is 1. The van der Waals surface area contributed by atoms with E-state index in [1.807, 2.05) is 30.3 Å². The normalized spacial score (nSPS) is 14.6. The third-order valence-corrected chi connectivity index (χ3v) is 4.28. The molecule has 2 aromatic carbocycles. The number of nitrogens with zero attached hydrogens (tertiary/aromatic N) is 2. The van der Waals surface area contributed by atoms with Crippen LogP contribution >= 0.6 is 0 Å². The fourth-order valence-electron chi connectivity index (χ4n) is 2.84. The number of methoxy groups -OCH3 is 1. The molecule has 0 unspecified atom stereocenters. The highest BCUT2D eigenvalue weighted by molar-refractivity contribution is 6.14. The summed E-state index contributed by atoms with van der Waals surface area (Å²) in [5, 5.41) is 9.41. The van der Waals surface area contributed by atoms with Crippen LogP contribution in [0.4, 0.5) is 5.69 Å². The van der Waals surface area contributed by atoms with Crippen LogP contribution < -0.4 is 9.64 Å². The Morgan fingerprint density at radius 2 is 1.92 bits per heavy atom. The van der Waals surface area contributed by atoms with Crippen LogP contribution in [0.3, 0.4) is 0 Å². The Labute approximate surface area is 153 Å². The van der Waals surface area contributed by atoms with Crippen molar-refractivity contribution in [2.75, 3.05) is 38.3 Å². The highest BCUT2D eigenvalue weighted by atomic mass is 16.5. The Balaban J connectivity index is 1.79. The largest absolute Gasteiger partial charge is 0.497 e. The van der Waals surface area contributed by atoms with Crippen molar-refractivity contribution in [3.63, 3.8) is 0 Å². The number of hydrogen-bond acceptors (Lipinski definition) is 5. The monoisotopic (exact) mass is 348 g/mol. The average Bonchev–Trinajstić information content (AvgIpc) is 2.72. The minimum Gasteiger partial charge on any atom is -0.497 e. The fourth-order valence-corrected chi connectivity index (χ4v) is 2.84. The Kier molecular flexibility index (Phi) is 5.67. The zero-order valence-electron chi connectivity index (χ0n) is 14.6. The van der Waals surface area contributed by atoms with Gasteiger partial charge in [0.15, 0.2) is 0 Å². The molecule has 1 aliphatic rings. The van der Waals surface area contributed by atoms with Crippen molar-refractivity contribution in [2.24, 2.45) is 0 Å². The van der Waals surface area contributed by atoms with Crippen molar-refractivity contribution < 1.29 is 14.3 Å². The van der Waals surface area contributed by atoms with E-state index in [1.54, 1.807) is 37.5 Å². The van der Waals surface area contributed by atoms with Crippen LogP contribution in [0.15, 0.2) is 54.1 Å². The number of anilines is 1. The number of hydrogen-bond donors (Lipinski definition) is 0. The van der Waals surface area contributed by atoms with Gasteiger partial charge in [-0.05, 0) is 35.9 Å². The van der Waals surface area contributed by atoms with Gasteiger partial charge in [0.2, 0.25) is 5.78 Å². The summed E-state index contributed by atoms with van der Waals surface area (Å²) in [6.45, 7) is 3.20. The van der Waals surface area contributed by atoms with E-state index in [9.17, 15) is 10.1 Å². The van der Waals surface area contributed by atoms with Crippen LogP contribution in [0.2, 0.25) is 0 Å². The maximum atomic E-state index is 12.6.